The highest BCUT2D eigenvalue weighted by Crippen LogP contribution is 1.87. The van der Waals surface area contributed by atoms with Crippen LogP contribution in [-0.2, 0) is 15.6 Å². The second kappa shape index (κ2) is 4.61. The minimum absolute atomic E-state index is 0.430. The first kappa shape index (κ1) is 9.82. The molecule has 0 unspecified atom stereocenters. The smallest absolute Gasteiger partial charge is 0.386 e. The third-order valence-electron chi connectivity index (χ3n) is 1.15. The van der Waals surface area contributed by atoms with Gasteiger partial charge >= 0.3 is 5.90 Å². The van der Waals surface area contributed by atoms with Gasteiger partial charge in [0, 0.05) is 0 Å². The van der Waals surface area contributed by atoms with Crippen molar-refractivity contribution < 1.29 is 9.31 Å². The zero-order valence-electron chi connectivity index (χ0n) is 7.47. The summed E-state index contributed by atoms with van der Waals surface area (Å²) in [5.41, 5.74) is 0. The first-order valence-electron chi connectivity index (χ1n) is 3.19. The van der Waals surface area contributed by atoms with Crippen LogP contribution in [0.2, 0.25) is 0 Å². The molecule has 0 N–H and O–H groups in total. The molecule has 0 saturated carbocycles. The Hall–Kier alpha value is -0.180. The maximum absolute atomic E-state index is 5.17. The summed E-state index contributed by atoms with van der Waals surface area (Å²) in [7, 11) is 6.17. The van der Waals surface area contributed by atoms with Gasteiger partial charge in [-0.3, -0.25) is 0 Å². The van der Waals surface area contributed by atoms with E-state index in [1.807, 2.05) is 18.7 Å². The first-order valence-corrected chi connectivity index (χ1v) is 5.40. The Labute approximate surface area is 66.2 Å². The largest absolute Gasteiger partial charge is 0.448 e. The quantitative estimate of drug-likeness (QED) is 0.245. The Kier molecular flexibility index (Phi) is 4.52. The zero-order chi connectivity index (χ0) is 8.15. The lowest BCUT2D eigenvalue weighted by atomic mass is 10.7. The molecule has 0 atom stereocenters. The van der Waals surface area contributed by atoms with Crippen LogP contribution < -0.4 is 0 Å². The highest BCUT2D eigenvalue weighted by molar-refractivity contribution is 7.96. The lowest BCUT2D eigenvalue weighted by Gasteiger charge is -1.98. The Morgan fingerprint density at radius 1 is 1.40 bits per heavy atom. The Morgan fingerprint density at radius 2 is 1.90 bits per heavy atom. The number of ether oxygens (including phenoxy) is 1. The summed E-state index contributed by atoms with van der Waals surface area (Å²) in [4.78, 5) is 0. The molecule has 0 aromatic carbocycles. The fourth-order valence-corrected chi connectivity index (χ4v) is 1.49. The minimum Gasteiger partial charge on any atom is -0.448 e. The number of methoxy groups -OCH3 is 1. The van der Waals surface area contributed by atoms with E-state index in [0.29, 0.717) is 10.9 Å². The molecule has 2 nitrogen and oxygen atoms in total. The molecule has 0 rings (SSSR count). The first-order chi connectivity index (χ1) is 4.57. The van der Waals surface area contributed by atoms with Crippen molar-refractivity contribution in [1.82, 2.24) is 0 Å². The molecule has 0 radical (unpaired) electrons. The summed E-state index contributed by atoms with van der Waals surface area (Å²) < 4.78 is 7.19. The van der Waals surface area contributed by atoms with Crippen LogP contribution in [0.4, 0.5) is 0 Å². The number of hydrogen-bond donors (Lipinski definition) is 0. The van der Waals surface area contributed by atoms with Gasteiger partial charge in [0.1, 0.15) is 14.1 Å². The third kappa shape index (κ3) is 3.77. The highest BCUT2D eigenvalue weighted by Gasteiger charge is 2.16. The van der Waals surface area contributed by atoms with E-state index in [4.69, 9.17) is 4.74 Å². The van der Waals surface area contributed by atoms with Gasteiger partial charge in [0.25, 0.3) is 0 Å². The van der Waals surface area contributed by atoms with Crippen LogP contribution in [0.15, 0.2) is 0 Å². The predicted octanol–water partition coefficient (Wildman–Crippen LogP) is 0.181. The monoisotopic (exact) mass is 163 g/mol. The van der Waals surface area contributed by atoms with Gasteiger partial charge in [0.15, 0.2) is 0 Å². The van der Waals surface area contributed by atoms with Crippen LogP contribution in [0.25, 0.3) is 0 Å². The third-order valence-corrected chi connectivity index (χ3v) is 1.97. The van der Waals surface area contributed by atoms with Gasteiger partial charge in [-0.25, -0.2) is 4.58 Å². The van der Waals surface area contributed by atoms with Gasteiger partial charge < -0.3 is 4.74 Å². The van der Waals surface area contributed by atoms with Crippen LogP contribution in [0.1, 0.15) is 0 Å². The molecule has 0 aromatic heterocycles. The summed E-state index contributed by atoms with van der Waals surface area (Å²) in [5.74, 6) is 2.11. The average Bonchev–Trinajstić information content (AvgIpc) is 1.81. The molecule has 60 valence electrons. The molecule has 0 saturated heterocycles. The zero-order valence-corrected chi connectivity index (χ0v) is 8.29. The molecule has 0 aromatic rings. The predicted molar refractivity (Wildman–Crippen MR) is 48.2 cm³/mol. The maximum Gasteiger partial charge on any atom is 0.386 e. The van der Waals surface area contributed by atoms with Gasteiger partial charge in [-0.1, -0.05) is 0 Å². The summed E-state index contributed by atoms with van der Waals surface area (Å²) in [6.07, 6.45) is 4.42. The Bertz CT molecular complexity index is 128. The van der Waals surface area contributed by atoms with E-state index in [2.05, 4.69) is 12.5 Å². The van der Waals surface area contributed by atoms with Crippen LogP contribution in [-0.4, -0.2) is 49.9 Å². The molecule has 10 heavy (non-hydrogen) atoms. The summed E-state index contributed by atoms with van der Waals surface area (Å²) >= 11 is 0. The lowest BCUT2D eigenvalue weighted by Crippen LogP contribution is -2.23. The van der Waals surface area contributed by atoms with Crippen molar-refractivity contribution in [3.8, 4) is 0 Å². The van der Waals surface area contributed by atoms with Gasteiger partial charge in [-0.15, -0.1) is 0 Å². The van der Waals surface area contributed by atoms with Gasteiger partial charge in [0.2, 0.25) is 5.75 Å². The van der Waals surface area contributed by atoms with E-state index in [0.717, 1.165) is 11.7 Å². The van der Waals surface area contributed by atoms with Crippen molar-refractivity contribution in [2.45, 2.75) is 0 Å². The standard InChI is InChI=1S/C7H17NOS/c1-8(2)7(9-3)6-10(4)5/h6H2,1-5H3/q+2. The summed E-state index contributed by atoms with van der Waals surface area (Å²) in [6, 6.07) is 0. The van der Waals surface area contributed by atoms with Gasteiger partial charge in [0.05, 0.1) is 19.6 Å². The topological polar surface area (TPSA) is 12.2 Å². The van der Waals surface area contributed by atoms with E-state index in [1.54, 1.807) is 7.11 Å². The fraction of sp³-hybridized carbons (Fsp3) is 0.857. The Morgan fingerprint density at radius 3 is 2.00 bits per heavy atom. The van der Waals surface area contributed by atoms with Crippen LogP contribution >= 0.6 is 0 Å². The van der Waals surface area contributed by atoms with E-state index >= 15 is 0 Å². The van der Waals surface area contributed by atoms with Gasteiger partial charge in [-0.05, 0) is 10.9 Å². The fourth-order valence-electron chi connectivity index (χ4n) is 0.618. The molecule has 0 amide bonds. The molecule has 0 heterocycles. The highest BCUT2D eigenvalue weighted by atomic mass is 32.2. The molecule has 0 aliphatic carbocycles. The van der Waals surface area contributed by atoms with E-state index in [9.17, 15) is 0 Å². The molecular weight excluding hydrogens is 146 g/mol. The molecule has 0 aliphatic heterocycles. The number of rotatable bonds is 2. The van der Waals surface area contributed by atoms with Crippen molar-refractivity contribution in [3.63, 3.8) is 0 Å². The SMILES string of the molecule is COC(C[S+](C)C)=[N+](C)C. The maximum atomic E-state index is 5.17. The van der Waals surface area contributed by atoms with Crippen molar-refractivity contribution in [3.05, 3.63) is 0 Å². The number of nitrogens with zero attached hydrogens (tertiary/aromatic N) is 1. The molecule has 0 aliphatic rings. The van der Waals surface area contributed by atoms with Crippen molar-refractivity contribution >= 4 is 16.8 Å². The average molecular weight is 163 g/mol. The van der Waals surface area contributed by atoms with Crippen molar-refractivity contribution in [2.75, 3.05) is 39.5 Å². The summed E-state index contributed by atoms with van der Waals surface area (Å²) in [6.45, 7) is 0. The number of hydrogen-bond acceptors (Lipinski definition) is 1. The van der Waals surface area contributed by atoms with E-state index in [1.165, 1.54) is 0 Å². The second-order valence-electron chi connectivity index (χ2n) is 2.62. The molecule has 0 bridgehead atoms. The second-order valence-corrected chi connectivity index (χ2v) is 4.88. The van der Waals surface area contributed by atoms with Crippen LogP contribution in [0.5, 0.6) is 0 Å². The van der Waals surface area contributed by atoms with Crippen molar-refractivity contribution in [2.24, 2.45) is 0 Å². The lowest BCUT2D eigenvalue weighted by molar-refractivity contribution is -0.474. The van der Waals surface area contributed by atoms with Crippen LogP contribution in [0.3, 0.4) is 0 Å². The van der Waals surface area contributed by atoms with E-state index in [-0.39, 0.29) is 0 Å². The molecule has 0 fully saturated rings. The minimum atomic E-state index is 0.430. The summed E-state index contributed by atoms with van der Waals surface area (Å²) in [5, 5.41) is 0. The molecular formula is C7H17NOS+2. The van der Waals surface area contributed by atoms with E-state index < -0.39 is 0 Å². The van der Waals surface area contributed by atoms with Crippen LogP contribution in [0, 0.1) is 0 Å². The molecule has 3 heteroatoms. The van der Waals surface area contributed by atoms with Crippen molar-refractivity contribution in [1.29, 1.82) is 0 Å². The molecule has 0 spiro atoms. The Balaban J connectivity index is 3.97. The van der Waals surface area contributed by atoms with Gasteiger partial charge in [-0.2, -0.15) is 0 Å². The normalized spacial score (nSPS) is 9.80.